The highest BCUT2D eigenvalue weighted by molar-refractivity contribution is 6.00. The molecule has 0 saturated carbocycles. The SMILES string of the molecule is Cc1ccc(NC(=O)CCc2ccccn2)c(C(=O)O)c1. The lowest BCUT2D eigenvalue weighted by molar-refractivity contribution is -0.116. The zero-order valence-electron chi connectivity index (χ0n) is 11.7. The van der Waals surface area contributed by atoms with Crippen LogP contribution < -0.4 is 5.32 Å². The standard InChI is InChI=1S/C16H16N2O3/c1-11-5-7-14(13(10-11)16(20)21)18-15(19)8-6-12-4-2-3-9-17-12/h2-5,7,9-10H,6,8H2,1H3,(H,18,19)(H,20,21). The number of hydrogen-bond donors (Lipinski definition) is 2. The summed E-state index contributed by atoms with van der Waals surface area (Å²) in [5.41, 5.74) is 2.08. The van der Waals surface area contributed by atoms with Crippen LogP contribution in [0.3, 0.4) is 0 Å². The molecular weight excluding hydrogens is 268 g/mol. The van der Waals surface area contributed by atoms with Crippen LogP contribution in [0.15, 0.2) is 42.6 Å². The molecule has 0 aliphatic carbocycles. The number of carbonyl (C=O) groups excluding carboxylic acids is 1. The highest BCUT2D eigenvalue weighted by Gasteiger charge is 2.12. The number of anilines is 1. The van der Waals surface area contributed by atoms with Crippen molar-refractivity contribution >= 4 is 17.6 Å². The average molecular weight is 284 g/mol. The van der Waals surface area contributed by atoms with E-state index >= 15 is 0 Å². The minimum atomic E-state index is -1.06. The Labute approximate surface area is 122 Å². The van der Waals surface area contributed by atoms with Crippen LogP contribution in [-0.4, -0.2) is 22.0 Å². The number of amides is 1. The molecule has 0 bridgehead atoms. The van der Waals surface area contributed by atoms with Gasteiger partial charge in [0.2, 0.25) is 5.91 Å². The average Bonchev–Trinajstić information content (AvgIpc) is 2.48. The Kier molecular flexibility index (Phi) is 4.66. The summed E-state index contributed by atoms with van der Waals surface area (Å²) in [6, 6.07) is 10.4. The fourth-order valence-electron chi connectivity index (χ4n) is 1.94. The van der Waals surface area contributed by atoms with Crippen LogP contribution in [0.2, 0.25) is 0 Å². The normalized spacial score (nSPS) is 10.1. The molecule has 0 fully saturated rings. The van der Waals surface area contributed by atoms with Crippen LogP contribution in [0.25, 0.3) is 0 Å². The van der Waals surface area contributed by atoms with E-state index in [1.54, 1.807) is 25.3 Å². The van der Waals surface area contributed by atoms with E-state index in [1.807, 2.05) is 18.2 Å². The van der Waals surface area contributed by atoms with Gasteiger partial charge < -0.3 is 10.4 Å². The van der Waals surface area contributed by atoms with Gasteiger partial charge in [-0.05, 0) is 37.6 Å². The van der Waals surface area contributed by atoms with E-state index < -0.39 is 5.97 Å². The van der Waals surface area contributed by atoms with E-state index in [9.17, 15) is 9.59 Å². The third kappa shape index (κ3) is 4.14. The lowest BCUT2D eigenvalue weighted by atomic mass is 10.1. The van der Waals surface area contributed by atoms with Gasteiger partial charge in [0.05, 0.1) is 11.3 Å². The van der Waals surface area contributed by atoms with Crippen molar-refractivity contribution in [1.82, 2.24) is 4.98 Å². The number of carbonyl (C=O) groups is 2. The molecule has 0 spiro atoms. The molecule has 2 rings (SSSR count). The van der Waals surface area contributed by atoms with Gasteiger partial charge in [0.15, 0.2) is 0 Å². The molecule has 108 valence electrons. The number of hydrogen-bond acceptors (Lipinski definition) is 3. The van der Waals surface area contributed by atoms with Crippen molar-refractivity contribution in [3.05, 3.63) is 59.4 Å². The van der Waals surface area contributed by atoms with E-state index in [2.05, 4.69) is 10.3 Å². The summed E-state index contributed by atoms with van der Waals surface area (Å²) < 4.78 is 0. The minimum Gasteiger partial charge on any atom is -0.478 e. The van der Waals surface area contributed by atoms with Gasteiger partial charge >= 0.3 is 5.97 Å². The van der Waals surface area contributed by atoms with Crippen molar-refractivity contribution in [2.24, 2.45) is 0 Å². The summed E-state index contributed by atoms with van der Waals surface area (Å²) >= 11 is 0. The fraction of sp³-hybridized carbons (Fsp3) is 0.188. The van der Waals surface area contributed by atoms with Crippen molar-refractivity contribution < 1.29 is 14.7 Å². The highest BCUT2D eigenvalue weighted by Crippen LogP contribution is 2.18. The van der Waals surface area contributed by atoms with Crippen LogP contribution in [0.5, 0.6) is 0 Å². The summed E-state index contributed by atoms with van der Waals surface area (Å²) in [6.45, 7) is 1.80. The maximum Gasteiger partial charge on any atom is 0.337 e. The molecule has 5 nitrogen and oxygen atoms in total. The van der Waals surface area contributed by atoms with Gasteiger partial charge in [0, 0.05) is 18.3 Å². The number of carboxylic acids is 1. The summed E-state index contributed by atoms with van der Waals surface area (Å²) in [4.78, 5) is 27.2. The second kappa shape index (κ2) is 6.65. The summed E-state index contributed by atoms with van der Waals surface area (Å²) in [7, 11) is 0. The Morgan fingerprint density at radius 3 is 2.71 bits per heavy atom. The monoisotopic (exact) mass is 284 g/mol. The lowest BCUT2D eigenvalue weighted by Crippen LogP contribution is -2.15. The molecule has 0 saturated heterocycles. The Hall–Kier alpha value is -2.69. The Morgan fingerprint density at radius 1 is 1.24 bits per heavy atom. The van der Waals surface area contributed by atoms with Crippen molar-refractivity contribution in [1.29, 1.82) is 0 Å². The molecule has 5 heteroatoms. The topological polar surface area (TPSA) is 79.3 Å². The van der Waals surface area contributed by atoms with Gasteiger partial charge in [-0.25, -0.2) is 4.79 Å². The third-order valence-corrected chi connectivity index (χ3v) is 3.01. The first-order valence-corrected chi connectivity index (χ1v) is 6.60. The molecule has 0 aliphatic heterocycles. The number of aryl methyl sites for hydroxylation is 2. The second-order valence-corrected chi connectivity index (χ2v) is 4.72. The molecule has 0 aliphatic rings. The Bertz CT molecular complexity index is 654. The summed E-state index contributed by atoms with van der Waals surface area (Å²) in [5.74, 6) is -1.29. The largest absolute Gasteiger partial charge is 0.478 e. The number of aromatic carboxylic acids is 1. The molecule has 1 aromatic heterocycles. The van der Waals surface area contributed by atoms with Gasteiger partial charge in [-0.2, -0.15) is 0 Å². The van der Waals surface area contributed by atoms with Gasteiger partial charge in [-0.3, -0.25) is 9.78 Å². The van der Waals surface area contributed by atoms with E-state index in [0.717, 1.165) is 11.3 Å². The van der Waals surface area contributed by atoms with Crippen LogP contribution >= 0.6 is 0 Å². The van der Waals surface area contributed by atoms with Crippen LogP contribution in [0.4, 0.5) is 5.69 Å². The molecule has 1 aromatic carbocycles. The first-order chi connectivity index (χ1) is 10.1. The predicted molar refractivity (Wildman–Crippen MR) is 79.3 cm³/mol. The second-order valence-electron chi connectivity index (χ2n) is 4.72. The van der Waals surface area contributed by atoms with Gasteiger partial charge in [-0.1, -0.05) is 17.7 Å². The zero-order chi connectivity index (χ0) is 15.2. The molecule has 0 unspecified atom stereocenters. The highest BCUT2D eigenvalue weighted by atomic mass is 16.4. The number of carboxylic acid groups (broad SMARTS) is 1. The number of benzene rings is 1. The lowest BCUT2D eigenvalue weighted by Gasteiger charge is -2.09. The smallest absolute Gasteiger partial charge is 0.337 e. The number of nitrogens with zero attached hydrogens (tertiary/aromatic N) is 1. The van der Waals surface area contributed by atoms with E-state index in [-0.39, 0.29) is 17.9 Å². The predicted octanol–water partition coefficient (Wildman–Crippen LogP) is 2.66. The molecule has 0 atom stereocenters. The maximum atomic E-state index is 11.9. The number of nitrogens with one attached hydrogen (secondary N) is 1. The number of rotatable bonds is 5. The number of aromatic nitrogens is 1. The first-order valence-electron chi connectivity index (χ1n) is 6.60. The fourth-order valence-corrected chi connectivity index (χ4v) is 1.94. The van der Waals surface area contributed by atoms with Crippen molar-refractivity contribution in [2.45, 2.75) is 19.8 Å². The van der Waals surface area contributed by atoms with Gasteiger partial charge in [-0.15, -0.1) is 0 Å². The van der Waals surface area contributed by atoms with E-state index in [1.165, 1.54) is 6.07 Å². The van der Waals surface area contributed by atoms with Crippen LogP contribution in [0.1, 0.15) is 28.0 Å². The first kappa shape index (κ1) is 14.7. The number of pyridine rings is 1. The quantitative estimate of drug-likeness (QED) is 0.884. The maximum absolute atomic E-state index is 11.9. The molecule has 2 aromatic rings. The van der Waals surface area contributed by atoms with Crippen LogP contribution in [0, 0.1) is 6.92 Å². The third-order valence-electron chi connectivity index (χ3n) is 3.01. The van der Waals surface area contributed by atoms with Crippen molar-refractivity contribution in [3.63, 3.8) is 0 Å². The molecule has 21 heavy (non-hydrogen) atoms. The summed E-state index contributed by atoms with van der Waals surface area (Å²) in [6.07, 6.45) is 2.45. The Morgan fingerprint density at radius 2 is 2.05 bits per heavy atom. The van der Waals surface area contributed by atoms with Crippen molar-refractivity contribution in [3.8, 4) is 0 Å². The van der Waals surface area contributed by atoms with Gasteiger partial charge in [0.25, 0.3) is 0 Å². The zero-order valence-corrected chi connectivity index (χ0v) is 11.7. The van der Waals surface area contributed by atoms with E-state index in [0.29, 0.717) is 12.1 Å². The van der Waals surface area contributed by atoms with Gasteiger partial charge in [0.1, 0.15) is 0 Å². The van der Waals surface area contributed by atoms with E-state index in [4.69, 9.17) is 5.11 Å². The van der Waals surface area contributed by atoms with Crippen LogP contribution in [-0.2, 0) is 11.2 Å². The van der Waals surface area contributed by atoms with Crippen molar-refractivity contribution in [2.75, 3.05) is 5.32 Å². The molecule has 1 amide bonds. The molecule has 2 N–H and O–H groups in total. The minimum absolute atomic E-state index is 0.0983. The Balaban J connectivity index is 2.01. The molecule has 0 radical (unpaired) electrons. The molecule has 1 heterocycles. The molecular formula is C16H16N2O3. The summed E-state index contributed by atoms with van der Waals surface area (Å²) in [5, 5.41) is 11.8.